The molecule has 0 bridgehead atoms. The first kappa shape index (κ1) is 16.3. The van der Waals surface area contributed by atoms with E-state index in [1.807, 2.05) is 12.1 Å². The highest BCUT2D eigenvalue weighted by Gasteiger charge is 2.26. The van der Waals surface area contributed by atoms with Gasteiger partial charge in [-0.2, -0.15) is 0 Å². The minimum atomic E-state index is -0.742. The molecule has 0 spiro atoms. The molecule has 126 valence electrons. The number of β-amino-alcohol motifs (C(OH)–C–C–N with tert-alkyl or cyclic N) is 1. The number of carbonyl (C=O) groups is 2. The van der Waals surface area contributed by atoms with Crippen molar-refractivity contribution in [2.45, 2.75) is 13.0 Å². The number of benzene rings is 1. The third-order valence-corrected chi connectivity index (χ3v) is 4.15. The van der Waals surface area contributed by atoms with E-state index in [9.17, 15) is 14.7 Å². The molecule has 1 N–H and O–H groups in total. The minimum absolute atomic E-state index is 0.0943. The van der Waals surface area contributed by atoms with Gasteiger partial charge in [-0.1, -0.05) is 12.1 Å². The van der Waals surface area contributed by atoms with Crippen molar-refractivity contribution < 1.29 is 19.1 Å². The van der Waals surface area contributed by atoms with E-state index in [1.54, 1.807) is 40.3 Å². The summed E-state index contributed by atoms with van der Waals surface area (Å²) >= 11 is 0. The molecule has 6 heteroatoms. The van der Waals surface area contributed by atoms with Crippen molar-refractivity contribution in [2.75, 3.05) is 26.2 Å². The van der Waals surface area contributed by atoms with Crippen LogP contribution >= 0.6 is 0 Å². The molecule has 2 heterocycles. The van der Waals surface area contributed by atoms with Gasteiger partial charge in [0.2, 0.25) is 5.91 Å². The zero-order chi connectivity index (χ0) is 17.1. The second-order valence-electron chi connectivity index (χ2n) is 5.93. The second kappa shape index (κ2) is 6.88. The summed E-state index contributed by atoms with van der Waals surface area (Å²) in [5, 5.41) is 10.1. The summed E-state index contributed by atoms with van der Waals surface area (Å²) in [6.07, 6.45) is 0.847. The highest BCUT2D eigenvalue weighted by atomic mass is 16.3. The Morgan fingerprint density at radius 2 is 1.88 bits per heavy atom. The number of aliphatic hydroxyl groups is 1. The molecule has 0 radical (unpaired) electrons. The highest BCUT2D eigenvalue weighted by molar-refractivity contribution is 5.95. The molecule has 1 aliphatic rings. The van der Waals surface area contributed by atoms with Crippen LogP contribution in [0.4, 0.5) is 0 Å². The summed E-state index contributed by atoms with van der Waals surface area (Å²) in [5.74, 6) is 0.444. The molecular formula is C18H20N2O4. The Balaban J connectivity index is 1.79. The van der Waals surface area contributed by atoms with Gasteiger partial charge in [0.1, 0.15) is 5.76 Å². The quantitative estimate of drug-likeness (QED) is 0.909. The van der Waals surface area contributed by atoms with E-state index in [2.05, 4.69) is 0 Å². The van der Waals surface area contributed by atoms with E-state index in [0.717, 1.165) is 5.56 Å². The third kappa shape index (κ3) is 3.49. The van der Waals surface area contributed by atoms with Crippen molar-refractivity contribution in [3.05, 3.63) is 48.2 Å². The van der Waals surface area contributed by atoms with E-state index in [-0.39, 0.29) is 24.9 Å². The first-order valence-electron chi connectivity index (χ1n) is 7.91. The molecule has 24 heavy (non-hydrogen) atoms. The number of aliphatic hydroxyl groups excluding tert-OH is 1. The number of rotatable bonds is 2. The van der Waals surface area contributed by atoms with Crippen LogP contribution in [0.3, 0.4) is 0 Å². The van der Waals surface area contributed by atoms with Gasteiger partial charge in [-0.05, 0) is 24.3 Å². The zero-order valence-electron chi connectivity index (χ0n) is 13.5. The fraction of sp³-hybridized carbons (Fsp3) is 0.333. The van der Waals surface area contributed by atoms with Gasteiger partial charge < -0.3 is 19.3 Å². The van der Waals surface area contributed by atoms with E-state index >= 15 is 0 Å². The maximum Gasteiger partial charge on any atom is 0.254 e. The fourth-order valence-corrected chi connectivity index (χ4v) is 2.89. The van der Waals surface area contributed by atoms with Crippen LogP contribution in [0.15, 0.2) is 47.1 Å². The molecule has 1 aromatic carbocycles. The lowest BCUT2D eigenvalue weighted by Gasteiger charge is -2.21. The highest BCUT2D eigenvalue weighted by Crippen LogP contribution is 2.21. The van der Waals surface area contributed by atoms with Crippen LogP contribution in [0.2, 0.25) is 0 Å². The third-order valence-electron chi connectivity index (χ3n) is 4.15. The van der Waals surface area contributed by atoms with E-state index < -0.39 is 6.10 Å². The van der Waals surface area contributed by atoms with Crippen LogP contribution < -0.4 is 0 Å². The molecule has 0 aliphatic carbocycles. The predicted octanol–water partition coefficient (Wildman–Crippen LogP) is 1.61. The summed E-state index contributed by atoms with van der Waals surface area (Å²) in [6, 6.07) is 10.8. The molecule has 1 aromatic heterocycles. The summed E-state index contributed by atoms with van der Waals surface area (Å²) < 4.78 is 5.37. The predicted molar refractivity (Wildman–Crippen MR) is 88.3 cm³/mol. The van der Waals surface area contributed by atoms with E-state index in [4.69, 9.17) is 4.42 Å². The van der Waals surface area contributed by atoms with Crippen molar-refractivity contribution in [2.24, 2.45) is 0 Å². The zero-order valence-corrected chi connectivity index (χ0v) is 13.5. The van der Waals surface area contributed by atoms with E-state index in [1.165, 1.54) is 6.92 Å². The number of hydrogen-bond acceptors (Lipinski definition) is 4. The molecule has 1 fully saturated rings. The largest absolute Gasteiger partial charge is 0.464 e. The van der Waals surface area contributed by atoms with Crippen molar-refractivity contribution in [1.82, 2.24) is 9.80 Å². The van der Waals surface area contributed by atoms with Crippen LogP contribution in [0.25, 0.3) is 11.3 Å². The fourth-order valence-electron chi connectivity index (χ4n) is 2.89. The molecule has 0 saturated carbocycles. The molecule has 1 aliphatic heterocycles. The second-order valence-corrected chi connectivity index (χ2v) is 5.93. The number of carbonyl (C=O) groups excluding carboxylic acids is 2. The summed E-state index contributed by atoms with van der Waals surface area (Å²) in [4.78, 5) is 27.5. The average molecular weight is 328 g/mol. The molecule has 1 saturated heterocycles. The lowest BCUT2D eigenvalue weighted by Crippen LogP contribution is -2.37. The Morgan fingerprint density at radius 1 is 1.12 bits per heavy atom. The Bertz CT molecular complexity index is 726. The van der Waals surface area contributed by atoms with Crippen LogP contribution in [0, 0.1) is 0 Å². The Hall–Kier alpha value is -2.60. The van der Waals surface area contributed by atoms with Gasteiger partial charge in [0.25, 0.3) is 5.91 Å². The first-order valence-corrected chi connectivity index (χ1v) is 7.91. The minimum Gasteiger partial charge on any atom is -0.464 e. The summed E-state index contributed by atoms with van der Waals surface area (Å²) in [5.41, 5.74) is 1.36. The van der Waals surface area contributed by atoms with Crippen molar-refractivity contribution in [1.29, 1.82) is 0 Å². The number of nitrogens with zero attached hydrogens (tertiary/aromatic N) is 2. The number of hydrogen-bond donors (Lipinski definition) is 1. The topological polar surface area (TPSA) is 74.0 Å². The lowest BCUT2D eigenvalue weighted by molar-refractivity contribution is -0.129. The SMILES string of the molecule is CC(=O)N1CCN(C(=O)c2cccc(-c3ccco3)c2)C[C@H](O)C1. The van der Waals surface area contributed by atoms with Crippen LogP contribution in [0.5, 0.6) is 0 Å². The average Bonchev–Trinajstić information content (AvgIpc) is 3.03. The summed E-state index contributed by atoms with van der Waals surface area (Å²) in [6.45, 7) is 2.77. The molecule has 2 amide bonds. The van der Waals surface area contributed by atoms with Gasteiger partial charge >= 0.3 is 0 Å². The Kier molecular flexibility index (Phi) is 4.66. The maximum atomic E-state index is 12.8. The summed E-state index contributed by atoms with van der Waals surface area (Å²) in [7, 11) is 0. The monoisotopic (exact) mass is 328 g/mol. The molecule has 2 aromatic rings. The smallest absolute Gasteiger partial charge is 0.254 e. The lowest BCUT2D eigenvalue weighted by atomic mass is 10.1. The first-order chi connectivity index (χ1) is 11.5. The molecular weight excluding hydrogens is 308 g/mol. The van der Waals surface area contributed by atoms with Crippen LogP contribution in [-0.2, 0) is 4.79 Å². The van der Waals surface area contributed by atoms with Gasteiger partial charge in [0, 0.05) is 44.2 Å². The van der Waals surface area contributed by atoms with Crippen LogP contribution in [-0.4, -0.2) is 59.0 Å². The Morgan fingerprint density at radius 3 is 2.58 bits per heavy atom. The van der Waals surface area contributed by atoms with Gasteiger partial charge in [-0.3, -0.25) is 9.59 Å². The van der Waals surface area contributed by atoms with Gasteiger partial charge in [-0.25, -0.2) is 0 Å². The van der Waals surface area contributed by atoms with E-state index in [0.29, 0.717) is 24.4 Å². The van der Waals surface area contributed by atoms with Crippen molar-refractivity contribution in [3.63, 3.8) is 0 Å². The van der Waals surface area contributed by atoms with Crippen molar-refractivity contribution in [3.8, 4) is 11.3 Å². The molecule has 3 rings (SSSR count). The molecule has 0 unspecified atom stereocenters. The Labute approximate surface area is 140 Å². The number of amides is 2. The number of furan rings is 1. The van der Waals surface area contributed by atoms with Crippen molar-refractivity contribution >= 4 is 11.8 Å². The van der Waals surface area contributed by atoms with Gasteiger partial charge in [0.15, 0.2) is 0 Å². The van der Waals surface area contributed by atoms with Crippen LogP contribution in [0.1, 0.15) is 17.3 Å². The van der Waals surface area contributed by atoms with Gasteiger partial charge in [0.05, 0.1) is 12.4 Å². The van der Waals surface area contributed by atoms with Gasteiger partial charge in [-0.15, -0.1) is 0 Å². The normalized spacial score (nSPS) is 18.3. The standard InChI is InChI=1S/C18H20N2O4/c1-13(21)19-7-8-20(12-16(22)11-19)18(23)15-5-2-4-14(10-15)17-6-3-9-24-17/h2-6,9-10,16,22H,7-8,11-12H2,1H3/t16-/m1/s1. The maximum absolute atomic E-state index is 12.8. The molecule has 1 atom stereocenters. The molecule has 6 nitrogen and oxygen atoms in total.